The van der Waals surface area contributed by atoms with E-state index in [1.165, 1.54) is 82.4 Å². The zero-order chi connectivity index (χ0) is 16.2. The van der Waals surface area contributed by atoms with Crippen LogP contribution in [0.4, 0.5) is 0 Å². The van der Waals surface area contributed by atoms with E-state index >= 15 is 0 Å². The molecule has 0 aromatic rings. The SMILES string of the molecule is C[C@@H]1CCC[C@H](C)N1C(=O)C[NH+]1CCC([NH+]2CCCCC2)CC1. The van der Waals surface area contributed by atoms with Crippen LogP contribution in [0, 0.1) is 0 Å². The minimum absolute atomic E-state index is 0.406. The number of amides is 1. The van der Waals surface area contributed by atoms with Gasteiger partial charge in [-0.1, -0.05) is 0 Å². The highest BCUT2D eigenvalue weighted by molar-refractivity contribution is 5.77. The molecule has 4 nitrogen and oxygen atoms in total. The number of likely N-dealkylation sites (tertiary alicyclic amines) is 3. The van der Waals surface area contributed by atoms with Crippen molar-refractivity contribution in [3.8, 4) is 0 Å². The third-order valence-electron chi connectivity index (χ3n) is 6.65. The van der Waals surface area contributed by atoms with E-state index in [1.807, 2.05) is 4.90 Å². The second-order valence-electron chi connectivity index (χ2n) is 8.35. The van der Waals surface area contributed by atoms with Crippen LogP contribution in [0.15, 0.2) is 0 Å². The highest BCUT2D eigenvalue weighted by atomic mass is 16.2. The van der Waals surface area contributed by atoms with E-state index < -0.39 is 0 Å². The van der Waals surface area contributed by atoms with Crippen LogP contribution in [0.2, 0.25) is 0 Å². The molecule has 0 bridgehead atoms. The third-order valence-corrected chi connectivity index (χ3v) is 6.65. The molecule has 3 heterocycles. The fourth-order valence-electron chi connectivity index (χ4n) is 5.24. The molecule has 3 fully saturated rings. The minimum Gasteiger partial charge on any atom is -0.332 e. The first kappa shape index (κ1) is 17.2. The monoisotopic (exact) mass is 323 g/mol. The van der Waals surface area contributed by atoms with Gasteiger partial charge in [0.1, 0.15) is 0 Å². The Balaban J connectivity index is 1.45. The van der Waals surface area contributed by atoms with Crippen molar-refractivity contribution in [2.24, 2.45) is 0 Å². The van der Waals surface area contributed by atoms with Crippen LogP contribution in [-0.2, 0) is 4.79 Å². The summed E-state index contributed by atoms with van der Waals surface area (Å²) in [6.45, 7) is 10.4. The summed E-state index contributed by atoms with van der Waals surface area (Å²) in [7, 11) is 0. The van der Waals surface area contributed by atoms with Gasteiger partial charge in [0.05, 0.1) is 32.2 Å². The lowest BCUT2D eigenvalue weighted by atomic mass is 9.97. The largest absolute Gasteiger partial charge is 0.332 e. The minimum atomic E-state index is 0.406. The van der Waals surface area contributed by atoms with Crippen LogP contribution >= 0.6 is 0 Å². The number of carbonyl (C=O) groups excluding carboxylic acids is 1. The molecule has 1 amide bonds. The normalized spacial score (nSPS) is 36.9. The number of nitrogens with one attached hydrogen (secondary N) is 2. The van der Waals surface area contributed by atoms with Gasteiger partial charge in [0.15, 0.2) is 6.54 Å². The molecule has 3 rings (SSSR count). The molecule has 0 saturated carbocycles. The molecule has 3 aliphatic rings. The van der Waals surface area contributed by atoms with Crippen LogP contribution in [-0.4, -0.2) is 61.7 Å². The Bertz CT molecular complexity index is 376. The Kier molecular flexibility index (Phi) is 5.97. The number of hydrogen-bond acceptors (Lipinski definition) is 1. The molecule has 0 aromatic carbocycles. The van der Waals surface area contributed by atoms with Gasteiger partial charge < -0.3 is 14.7 Å². The lowest BCUT2D eigenvalue weighted by Gasteiger charge is -2.40. The molecule has 0 spiro atoms. The van der Waals surface area contributed by atoms with Gasteiger partial charge in [0.25, 0.3) is 5.91 Å². The molecule has 0 unspecified atom stereocenters. The Morgan fingerprint density at radius 2 is 1.48 bits per heavy atom. The summed E-state index contributed by atoms with van der Waals surface area (Å²) in [5.41, 5.74) is 0. The second-order valence-corrected chi connectivity index (χ2v) is 8.35. The topological polar surface area (TPSA) is 29.2 Å². The first-order valence-corrected chi connectivity index (χ1v) is 10.1. The molecule has 3 aliphatic heterocycles. The summed E-state index contributed by atoms with van der Waals surface area (Å²) < 4.78 is 0. The average Bonchev–Trinajstić information content (AvgIpc) is 2.56. The molecule has 23 heavy (non-hydrogen) atoms. The first-order valence-electron chi connectivity index (χ1n) is 10.1. The second kappa shape index (κ2) is 7.98. The molecular weight excluding hydrogens is 286 g/mol. The lowest BCUT2D eigenvalue weighted by molar-refractivity contribution is -0.958. The summed E-state index contributed by atoms with van der Waals surface area (Å²) in [6.07, 6.45) is 10.6. The Morgan fingerprint density at radius 1 is 0.870 bits per heavy atom. The zero-order valence-electron chi connectivity index (χ0n) is 15.3. The van der Waals surface area contributed by atoms with E-state index in [-0.39, 0.29) is 0 Å². The lowest BCUT2D eigenvalue weighted by Crippen LogP contribution is -3.21. The van der Waals surface area contributed by atoms with E-state index in [4.69, 9.17) is 0 Å². The molecule has 2 atom stereocenters. The van der Waals surface area contributed by atoms with Crippen molar-refractivity contribution in [3.63, 3.8) is 0 Å². The molecular formula is C19H37N3O+2. The zero-order valence-corrected chi connectivity index (χ0v) is 15.3. The molecule has 0 aliphatic carbocycles. The number of quaternary nitrogens is 2. The molecule has 4 heteroatoms. The van der Waals surface area contributed by atoms with Gasteiger partial charge in [-0.05, 0) is 52.4 Å². The van der Waals surface area contributed by atoms with Crippen molar-refractivity contribution < 1.29 is 14.6 Å². The highest BCUT2D eigenvalue weighted by Crippen LogP contribution is 2.22. The number of hydrogen-bond donors (Lipinski definition) is 2. The molecule has 132 valence electrons. The number of piperidine rings is 3. The van der Waals surface area contributed by atoms with Crippen LogP contribution in [0.5, 0.6) is 0 Å². The van der Waals surface area contributed by atoms with E-state index in [0.717, 1.165) is 12.6 Å². The third kappa shape index (κ3) is 4.27. The van der Waals surface area contributed by atoms with E-state index in [2.05, 4.69) is 18.7 Å². The molecule has 0 aromatic heterocycles. The van der Waals surface area contributed by atoms with Crippen LogP contribution in [0.3, 0.4) is 0 Å². The van der Waals surface area contributed by atoms with Gasteiger partial charge in [-0.3, -0.25) is 4.79 Å². The summed E-state index contributed by atoms with van der Waals surface area (Å²) >= 11 is 0. The van der Waals surface area contributed by atoms with Gasteiger partial charge >= 0.3 is 0 Å². The predicted octanol–water partition coefficient (Wildman–Crippen LogP) is -0.108. The van der Waals surface area contributed by atoms with Crippen LogP contribution < -0.4 is 9.80 Å². The van der Waals surface area contributed by atoms with Crippen LogP contribution in [0.1, 0.15) is 65.2 Å². The number of carbonyl (C=O) groups is 1. The van der Waals surface area contributed by atoms with Gasteiger partial charge in [-0.2, -0.15) is 0 Å². The molecule has 0 radical (unpaired) electrons. The van der Waals surface area contributed by atoms with Crippen molar-refractivity contribution in [3.05, 3.63) is 0 Å². The van der Waals surface area contributed by atoms with Gasteiger partial charge in [-0.15, -0.1) is 0 Å². The maximum atomic E-state index is 12.8. The Hall–Kier alpha value is -0.610. The smallest absolute Gasteiger partial charge is 0.278 e. The van der Waals surface area contributed by atoms with E-state index in [1.54, 1.807) is 0 Å². The quantitative estimate of drug-likeness (QED) is 0.746. The van der Waals surface area contributed by atoms with Crippen molar-refractivity contribution in [2.75, 3.05) is 32.7 Å². The number of rotatable bonds is 3. The van der Waals surface area contributed by atoms with Crippen molar-refractivity contribution in [1.82, 2.24) is 4.90 Å². The van der Waals surface area contributed by atoms with Crippen molar-refractivity contribution in [1.29, 1.82) is 0 Å². The average molecular weight is 324 g/mol. The Morgan fingerprint density at radius 3 is 2.09 bits per heavy atom. The summed E-state index contributed by atoms with van der Waals surface area (Å²) in [4.78, 5) is 18.4. The summed E-state index contributed by atoms with van der Waals surface area (Å²) in [6, 6.07) is 1.77. The fraction of sp³-hybridized carbons (Fsp3) is 0.947. The van der Waals surface area contributed by atoms with E-state index in [9.17, 15) is 4.79 Å². The highest BCUT2D eigenvalue weighted by Gasteiger charge is 2.34. The van der Waals surface area contributed by atoms with Crippen molar-refractivity contribution >= 4 is 5.91 Å². The number of nitrogens with zero attached hydrogens (tertiary/aromatic N) is 1. The van der Waals surface area contributed by atoms with E-state index in [0.29, 0.717) is 18.0 Å². The summed E-state index contributed by atoms with van der Waals surface area (Å²) in [5, 5.41) is 0. The standard InChI is InChI=1S/C19H35N3O/c1-16-7-6-8-17(2)22(16)19(23)15-20-13-9-18(10-14-20)21-11-4-3-5-12-21/h16-18H,3-15H2,1-2H3/p+2/t16-,17+. The maximum Gasteiger partial charge on any atom is 0.278 e. The van der Waals surface area contributed by atoms with Crippen molar-refractivity contribution in [2.45, 2.75) is 83.3 Å². The maximum absolute atomic E-state index is 12.8. The van der Waals surface area contributed by atoms with Gasteiger partial charge in [0.2, 0.25) is 0 Å². The fourth-order valence-corrected chi connectivity index (χ4v) is 5.24. The summed E-state index contributed by atoms with van der Waals surface area (Å²) in [5.74, 6) is 0.406. The van der Waals surface area contributed by atoms with Gasteiger partial charge in [0, 0.05) is 24.9 Å². The molecule has 2 N–H and O–H groups in total. The Labute approximate surface area is 142 Å². The first-order chi connectivity index (χ1) is 11.1. The predicted molar refractivity (Wildman–Crippen MR) is 92.8 cm³/mol. The van der Waals surface area contributed by atoms with Gasteiger partial charge in [-0.25, -0.2) is 0 Å². The van der Waals surface area contributed by atoms with Crippen LogP contribution in [0.25, 0.3) is 0 Å². The molecule has 3 saturated heterocycles.